The molecule has 1 N–H and O–H groups in total. The molecule has 1 aliphatic rings. The molecule has 154 valence electrons. The van der Waals surface area contributed by atoms with Crippen molar-refractivity contribution >= 4 is 11.7 Å². The first-order valence-corrected chi connectivity index (χ1v) is 9.23. The first-order valence-electron chi connectivity index (χ1n) is 9.23. The summed E-state index contributed by atoms with van der Waals surface area (Å²) in [6.45, 7) is 0.249. The van der Waals surface area contributed by atoms with E-state index in [1.54, 1.807) is 30.3 Å². The van der Waals surface area contributed by atoms with Gasteiger partial charge < -0.3 is 10.2 Å². The number of halogens is 4. The molecule has 0 aromatic heterocycles. The van der Waals surface area contributed by atoms with Gasteiger partial charge in [0.25, 0.3) is 0 Å². The van der Waals surface area contributed by atoms with Gasteiger partial charge in [0, 0.05) is 6.42 Å². The molecule has 1 amide bonds. The number of nitrogens with one attached hydrogen (secondary N) is 1. The summed E-state index contributed by atoms with van der Waals surface area (Å²) >= 11 is 0. The molecule has 0 spiro atoms. The van der Waals surface area contributed by atoms with E-state index in [0.717, 1.165) is 25.0 Å². The zero-order valence-corrected chi connectivity index (χ0v) is 15.5. The fraction of sp³-hybridized carbons (Fsp3) is 0.333. The summed E-state index contributed by atoms with van der Waals surface area (Å²) in [4.78, 5) is 17.6. The molecular weight excluding hydrogens is 388 g/mol. The molecule has 0 radical (unpaired) electrons. The molecule has 29 heavy (non-hydrogen) atoms. The molecule has 4 nitrogen and oxygen atoms in total. The van der Waals surface area contributed by atoms with Crippen LogP contribution >= 0.6 is 0 Å². The van der Waals surface area contributed by atoms with E-state index in [-0.39, 0.29) is 18.6 Å². The fourth-order valence-electron chi connectivity index (χ4n) is 2.76. The van der Waals surface area contributed by atoms with E-state index in [9.17, 15) is 22.4 Å². The van der Waals surface area contributed by atoms with Crippen molar-refractivity contribution in [1.29, 1.82) is 0 Å². The Bertz CT molecular complexity index is 884. The zero-order chi connectivity index (χ0) is 20.8. The number of amides is 1. The molecule has 1 aliphatic carbocycles. The lowest BCUT2D eigenvalue weighted by atomic mass is 10.0. The lowest BCUT2D eigenvalue weighted by molar-refractivity contribution is -0.119. The largest absolute Gasteiger partial charge is 0.394 e. The molecule has 0 atom stereocenters. The number of amidine groups is 1. The topological polar surface area (TPSA) is 50.7 Å². The number of rotatable bonds is 8. The van der Waals surface area contributed by atoms with Gasteiger partial charge in [-0.05, 0) is 36.0 Å². The fourth-order valence-corrected chi connectivity index (χ4v) is 2.76. The maximum absolute atomic E-state index is 14.5. The van der Waals surface area contributed by atoms with Crippen LogP contribution in [0.4, 0.5) is 17.6 Å². The van der Waals surface area contributed by atoms with Crippen LogP contribution in [0.2, 0.25) is 0 Å². The molecule has 1 saturated carbocycles. The van der Waals surface area contributed by atoms with Gasteiger partial charge in [0.15, 0.2) is 17.5 Å². The average molecular weight is 408 g/mol. The lowest BCUT2D eigenvalue weighted by Crippen LogP contribution is -2.34. The van der Waals surface area contributed by atoms with E-state index in [1.807, 2.05) is 0 Å². The number of carbonyl (C=O) groups excluding carboxylic acids is 1. The van der Waals surface area contributed by atoms with Gasteiger partial charge >= 0.3 is 0 Å². The minimum atomic E-state index is -2.78. The Hall–Kier alpha value is -2.90. The van der Waals surface area contributed by atoms with Gasteiger partial charge in [-0.15, -0.1) is 0 Å². The van der Waals surface area contributed by atoms with Crippen molar-refractivity contribution < 1.29 is 27.2 Å². The van der Waals surface area contributed by atoms with Crippen LogP contribution in [0.15, 0.2) is 47.6 Å². The number of carbonyl (C=O) groups is 1. The SMILES string of the molecule is O=C(Cc1ccccc1)N/C(=N\OCC1CC1)c1c(CC(F)F)ccc(F)c1F. The van der Waals surface area contributed by atoms with Crippen molar-refractivity contribution in [2.45, 2.75) is 32.1 Å². The molecule has 3 rings (SSSR count). The third-order valence-corrected chi connectivity index (χ3v) is 4.42. The molecule has 8 heteroatoms. The van der Waals surface area contributed by atoms with Crippen molar-refractivity contribution in [2.24, 2.45) is 11.1 Å². The Kier molecular flexibility index (Phi) is 6.85. The van der Waals surface area contributed by atoms with E-state index in [0.29, 0.717) is 11.5 Å². The van der Waals surface area contributed by atoms with Crippen LogP contribution in [0.3, 0.4) is 0 Å². The molecule has 0 bridgehead atoms. The van der Waals surface area contributed by atoms with Crippen LogP contribution in [-0.2, 0) is 22.5 Å². The van der Waals surface area contributed by atoms with Gasteiger partial charge in [-0.1, -0.05) is 41.6 Å². The zero-order valence-electron chi connectivity index (χ0n) is 15.5. The van der Waals surface area contributed by atoms with Gasteiger partial charge in [0.05, 0.1) is 12.0 Å². The van der Waals surface area contributed by atoms with Crippen LogP contribution in [0.5, 0.6) is 0 Å². The number of hydrogen-bond acceptors (Lipinski definition) is 3. The van der Waals surface area contributed by atoms with Crippen LogP contribution < -0.4 is 5.32 Å². The molecule has 1 fully saturated rings. The first kappa shape index (κ1) is 20.8. The predicted octanol–water partition coefficient (Wildman–Crippen LogP) is 4.22. The Morgan fingerprint density at radius 2 is 1.86 bits per heavy atom. The second kappa shape index (κ2) is 9.54. The van der Waals surface area contributed by atoms with Gasteiger partial charge in [-0.3, -0.25) is 4.79 Å². The summed E-state index contributed by atoms with van der Waals surface area (Å²) in [5.74, 6) is -3.25. The number of nitrogens with zero attached hydrogens (tertiary/aromatic N) is 1. The smallest absolute Gasteiger partial charge is 0.242 e. The lowest BCUT2D eigenvalue weighted by Gasteiger charge is -2.14. The first-order chi connectivity index (χ1) is 13.9. The number of benzene rings is 2. The summed E-state index contributed by atoms with van der Waals surface area (Å²) in [6.07, 6.45) is -1.72. The third kappa shape index (κ3) is 6.04. The highest BCUT2D eigenvalue weighted by Crippen LogP contribution is 2.29. The highest BCUT2D eigenvalue weighted by atomic mass is 19.3. The second-order valence-electron chi connectivity index (χ2n) is 6.88. The Morgan fingerprint density at radius 1 is 1.14 bits per heavy atom. The van der Waals surface area contributed by atoms with Gasteiger partial charge in [-0.2, -0.15) is 0 Å². The average Bonchev–Trinajstić information content (AvgIpc) is 3.49. The van der Waals surface area contributed by atoms with Crippen LogP contribution in [-0.4, -0.2) is 24.8 Å². The molecule has 0 heterocycles. The quantitative estimate of drug-likeness (QED) is 0.308. The number of hydrogen-bond donors (Lipinski definition) is 1. The van der Waals surface area contributed by atoms with Gasteiger partial charge in [-0.25, -0.2) is 17.6 Å². The summed E-state index contributed by atoms with van der Waals surface area (Å²) in [5.41, 5.74) is -0.00837. The predicted molar refractivity (Wildman–Crippen MR) is 99.6 cm³/mol. The minimum Gasteiger partial charge on any atom is -0.394 e. The normalized spacial score (nSPS) is 14.2. The second-order valence-corrected chi connectivity index (χ2v) is 6.88. The molecule has 0 unspecified atom stereocenters. The summed E-state index contributed by atoms with van der Waals surface area (Å²) in [6, 6.07) is 10.6. The summed E-state index contributed by atoms with van der Waals surface area (Å²) in [5, 5.41) is 6.15. The summed E-state index contributed by atoms with van der Waals surface area (Å²) in [7, 11) is 0. The van der Waals surface area contributed by atoms with Crippen molar-refractivity contribution in [3.63, 3.8) is 0 Å². The number of oxime groups is 1. The van der Waals surface area contributed by atoms with E-state index in [1.165, 1.54) is 0 Å². The van der Waals surface area contributed by atoms with E-state index in [4.69, 9.17) is 4.84 Å². The number of alkyl halides is 2. The van der Waals surface area contributed by atoms with Crippen molar-refractivity contribution in [3.05, 3.63) is 70.8 Å². The maximum Gasteiger partial charge on any atom is 0.242 e. The highest BCUT2D eigenvalue weighted by molar-refractivity contribution is 6.09. The monoisotopic (exact) mass is 408 g/mol. The van der Waals surface area contributed by atoms with Crippen LogP contribution in [0.1, 0.15) is 29.5 Å². The van der Waals surface area contributed by atoms with Crippen LogP contribution in [0, 0.1) is 17.6 Å². The van der Waals surface area contributed by atoms with Crippen LogP contribution in [0.25, 0.3) is 0 Å². The third-order valence-electron chi connectivity index (χ3n) is 4.42. The van der Waals surface area contributed by atoms with E-state index < -0.39 is 41.8 Å². The van der Waals surface area contributed by atoms with Crippen molar-refractivity contribution in [1.82, 2.24) is 5.32 Å². The van der Waals surface area contributed by atoms with Gasteiger partial charge in [0.2, 0.25) is 12.3 Å². The standard InChI is InChI=1S/C21H20F4N2O2/c22-16-9-8-15(11-17(23)24)19(20(16)25)21(27-29-12-14-6-7-14)26-18(28)10-13-4-2-1-3-5-13/h1-5,8-9,14,17H,6-7,10-12H2,(H,26,27,28). The molecular formula is C21H20F4N2O2. The molecule has 0 aliphatic heterocycles. The Morgan fingerprint density at radius 3 is 2.52 bits per heavy atom. The van der Waals surface area contributed by atoms with E-state index >= 15 is 0 Å². The minimum absolute atomic E-state index is 0.0520. The highest BCUT2D eigenvalue weighted by Gasteiger charge is 2.25. The Labute approximate surface area is 165 Å². The molecule has 0 saturated heterocycles. The summed E-state index contributed by atoms with van der Waals surface area (Å²) < 4.78 is 54.2. The van der Waals surface area contributed by atoms with E-state index in [2.05, 4.69) is 10.5 Å². The van der Waals surface area contributed by atoms with Gasteiger partial charge in [0.1, 0.15) is 6.61 Å². The maximum atomic E-state index is 14.5. The molecule has 2 aromatic carbocycles. The Balaban J connectivity index is 1.88. The molecule has 2 aromatic rings. The van der Waals surface area contributed by atoms with Crippen molar-refractivity contribution in [2.75, 3.05) is 6.61 Å². The van der Waals surface area contributed by atoms with Crippen molar-refractivity contribution in [3.8, 4) is 0 Å².